The van der Waals surface area contributed by atoms with E-state index in [0.29, 0.717) is 22.5 Å². The van der Waals surface area contributed by atoms with E-state index in [0.717, 1.165) is 16.7 Å². The van der Waals surface area contributed by atoms with Gasteiger partial charge in [0, 0.05) is 11.4 Å². The van der Waals surface area contributed by atoms with Crippen molar-refractivity contribution in [1.29, 1.82) is 0 Å². The third kappa shape index (κ3) is 6.28. The number of hydrogen-bond acceptors (Lipinski definition) is 6. The molecule has 0 radical (unpaired) electrons. The van der Waals surface area contributed by atoms with Gasteiger partial charge in [0.2, 0.25) is 0 Å². The number of nitrogens with one attached hydrogen (secondary N) is 1. The molecule has 6 nitrogen and oxygen atoms in total. The van der Waals surface area contributed by atoms with Gasteiger partial charge < -0.3 is 19.9 Å². The van der Waals surface area contributed by atoms with Crippen LogP contribution in [0.2, 0.25) is 0 Å². The van der Waals surface area contributed by atoms with Crippen LogP contribution in [0.1, 0.15) is 98.8 Å². The van der Waals surface area contributed by atoms with Gasteiger partial charge in [-0.1, -0.05) is 67.5 Å². The van der Waals surface area contributed by atoms with E-state index in [1.54, 1.807) is 6.92 Å². The highest BCUT2D eigenvalue weighted by atomic mass is 16.5. The minimum absolute atomic E-state index is 0.172. The molecule has 0 saturated heterocycles. The maximum atomic E-state index is 13.4. The second-order valence-corrected chi connectivity index (χ2v) is 11.8. The number of aromatic hydroxyl groups is 1. The molecule has 35 heavy (non-hydrogen) atoms. The lowest BCUT2D eigenvalue weighted by atomic mass is 9.73. The Kier molecular flexibility index (Phi) is 8.52. The SMILES string of the molecule is CCOC(=O)C1=C(C)NC(C)=C(C(=O)OCC(C)C)C1c1cc(C(C)(C)C)c(O)c(C(C)(C)C)c1. The summed E-state index contributed by atoms with van der Waals surface area (Å²) >= 11 is 0. The van der Waals surface area contributed by atoms with Gasteiger partial charge in [0.25, 0.3) is 0 Å². The van der Waals surface area contributed by atoms with Crippen molar-refractivity contribution >= 4 is 11.9 Å². The highest BCUT2D eigenvalue weighted by Gasteiger charge is 2.39. The van der Waals surface area contributed by atoms with Crippen molar-refractivity contribution in [3.05, 3.63) is 51.4 Å². The van der Waals surface area contributed by atoms with Gasteiger partial charge in [-0.15, -0.1) is 0 Å². The Bertz CT molecular complexity index is 1010. The van der Waals surface area contributed by atoms with E-state index in [2.05, 4.69) is 5.32 Å². The summed E-state index contributed by atoms with van der Waals surface area (Å²) in [6.45, 7) is 22.0. The lowest BCUT2D eigenvalue weighted by molar-refractivity contribution is -0.140. The monoisotopic (exact) mass is 485 g/mol. The van der Waals surface area contributed by atoms with E-state index in [-0.39, 0.29) is 35.7 Å². The first kappa shape index (κ1) is 28.5. The van der Waals surface area contributed by atoms with E-state index in [4.69, 9.17) is 9.47 Å². The molecule has 1 aromatic rings. The van der Waals surface area contributed by atoms with Crippen LogP contribution >= 0.6 is 0 Å². The molecule has 194 valence electrons. The van der Waals surface area contributed by atoms with Crippen molar-refractivity contribution in [3.8, 4) is 5.75 Å². The molecule has 6 heteroatoms. The zero-order valence-corrected chi connectivity index (χ0v) is 23.3. The molecule has 0 aliphatic carbocycles. The summed E-state index contributed by atoms with van der Waals surface area (Å²) in [5, 5.41) is 14.4. The summed E-state index contributed by atoms with van der Waals surface area (Å²) in [4.78, 5) is 26.6. The Hall–Kier alpha value is -2.76. The zero-order chi connectivity index (χ0) is 26.9. The highest BCUT2D eigenvalue weighted by molar-refractivity contribution is 6.00. The van der Waals surface area contributed by atoms with Crippen molar-refractivity contribution in [1.82, 2.24) is 5.32 Å². The Balaban J connectivity index is 2.90. The molecule has 1 unspecified atom stereocenters. The highest BCUT2D eigenvalue weighted by Crippen LogP contribution is 2.45. The third-order valence-electron chi connectivity index (χ3n) is 6.10. The summed E-state index contributed by atoms with van der Waals surface area (Å²) in [5.74, 6) is -1.23. The number of benzene rings is 1. The predicted octanol–water partition coefficient (Wildman–Crippen LogP) is 5.98. The maximum Gasteiger partial charge on any atom is 0.336 e. The average Bonchev–Trinajstić information content (AvgIpc) is 2.70. The van der Waals surface area contributed by atoms with E-state index in [1.807, 2.05) is 81.4 Å². The van der Waals surface area contributed by atoms with Crippen LogP contribution in [-0.2, 0) is 29.9 Å². The van der Waals surface area contributed by atoms with Gasteiger partial charge >= 0.3 is 11.9 Å². The standard InChI is InChI=1S/C29H43NO5/c1-12-34-26(32)22-17(4)30-18(5)23(27(33)35-15-16(2)3)24(22)19-13-20(28(6,7)8)25(31)21(14-19)29(9,10)11/h13-14,16,24,30-31H,12,15H2,1-11H3. The molecule has 1 heterocycles. The number of hydrogen-bond donors (Lipinski definition) is 2. The summed E-state index contributed by atoms with van der Waals surface area (Å²) in [7, 11) is 0. The minimum Gasteiger partial charge on any atom is -0.507 e. The first-order valence-corrected chi connectivity index (χ1v) is 12.4. The predicted molar refractivity (Wildman–Crippen MR) is 139 cm³/mol. The molecule has 0 fully saturated rings. The Labute approximate surface area is 210 Å². The average molecular weight is 486 g/mol. The lowest BCUT2D eigenvalue weighted by Crippen LogP contribution is -2.33. The second-order valence-electron chi connectivity index (χ2n) is 11.8. The normalized spacial score (nSPS) is 17.0. The molecule has 0 bridgehead atoms. The molecule has 0 aromatic heterocycles. The summed E-state index contributed by atoms with van der Waals surface area (Å²) in [5.41, 5.74) is 3.55. The van der Waals surface area contributed by atoms with Crippen LogP contribution in [0.15, 0.2) is 34.7 Å². The first-order chi connectivity index (χ1) is 16.0. The molecule has 0 saturated carbocycles. The van der Waals surface area contributed by atoms with Gasteiger partial charge in [-0.05, 0) is 54.2 Å². The van der Waals surface area contributed by atoms with E-state index < -0.39 is 17.9 Å². The molecule has 1 aliphatic heterocycles. The molecule has 1 aliphatic rings. The van der Waals surface area contributed by atoms with Gasteiger partial charge in [0.15, 0.2) is 0 Å². The Morgan fingerprint density at radius 2 is 1.34 bits per heavy atom. The maximum absolute atomic E-state index is 13.4. The van der Waals surface area contributed by atoms with Crippen molar-refractivity contribution in [2.75, 3.05) is 13.2 Å². The van der Waals surface area contributed by atoms with Crippen LogP contribution in [-0.4, -0.2) is 30.3 Å². The molecule has 2 rings (SSSR count). The van der Waals surface area contributed by atoms with E-state index in [1.165, 1.54) is 0 Å². The molecule has 1 atom stereocenters. The number of esters is 2. The van der Waals surface area contributed by atoms with Gasteiger partial charge in [-0.3, -0.25) is 0 Å². The summed E-state index contributed by atoms with van der Waals surface area (Å²) < 4.78 is 11.1. The number of allylic oxidation sites excluding steroid dienone is 2. The van der Waals surface area contributed by atoms with Crippen LogP contribution in [0.5, 0.6) is 5.75 Å². The van der Waals surface area contributed by atoms with E-state index >= 15 is 0 Å². The Morgan fingerprint density at radius 1 is 0.914 bits per heavy atom. The van der Waals surface area contributed by atoms with Gasteiger partial charge in [0.05, 0.1) is 30.3 Å². The van der Waals surface area contributed by atoms with Crippen molar-refractivity contribution in [2.24, 2.45) is 5.92 Å². The zero-order valence-electron chi connectivity index (χ0n) is 23.3. The Morgan fingerprint density at radius 3 is 1.71 bits per heavy atom. The second kappa shape index (κ2) is 10.5. The van der Waals surface area contributed by atoms with Crippen LogP contribution in [0.3, 0.4) is 0 Å². The lowest BCUT2D eigenvalue weighted by Gasteiger charge is -2.33. The number of phenols is 1. The smallest absolute Gasteiger partial charge is 0.336 e. The van der Waals surface area contributed by atoms with Gasteiger partial charge in [0.1, 0.15) is 5.75 Å². The largest absolute Gasteiger partial charge is 0.507 e. The van der Waals surface area contributed by atoms with Gasteiger partial charge in [-0.25, -0.2) is 9.59 Å². The number of ether oxygens (including phenoxy) is 2. The van der Waals surface area contributed by atoms with Gasteiger partial charge in [-0.2, -0.15) is 0 Å². The van der Waals surface area contributed by atoms with Crippen molar-refractivity contribution < 1.29 is 24.2 Å². The molecule has 2 N–H and O–H groups in total. The number of phenolic OH excluding ortho intramolecular Hbond substituents is 1. The van der Waals surface area contributed by atoms with Crippen LogP contribution in [0.25, 0.3) is 0 Å². The minimum atomic E-state index is -0.697. The summed E-state index contributed by atoms with van der Waals surface area (Å²) in [6, 6.07) is 3.83. The number of carbonyl (C=O) groups is 2. The molecular weight excluding hydrogens is 442 g/mol. The van der Waals surface area contributed by atoms with Crippen LogP contribution < -0.4 is 5.32 Å². The molecule has 0 spiro atoms. The van der Waals surface area contributed by atoms with Crippen LogP contribution in [0, 0.1) is 5.92 Å². The van der Waals surface area contributed by atoms with Crippen molar-refractivity contribution in [3.63, 3.8) is 0 Å². The van der Waals surface area contributed by atoms with E-state index in [9.17, 15) is 14.7 Å². The number of dihydropyridines is 1. The van der Waals surface area contributed by atoms with Crippen molar-refractivity contribution in [2.45, 2.75) is 92.9 Å². The fourth-order valence-electron chi connectivity index (χ4n) is 4.36. The number of rotatable bonds is 6. The fourth-order valence-corrected chi connectivity index (χ4v) is 4.36. The molecule has 0 amide bonds. The topological polar surface area (TPSA) is 84.9 Å². The first-order valence-electron chi connectivity index (χ1n) is 12.4. The third-order valence-corrected chi connectivity index (χ3v) is 6.10. The summed E-state index contributed by atoms with van der Waals surface area (Å²) in [6.07, 6.45) is 0. The molecule has 1 aromatic carbocycles. The molecular formula is C29H43NO5. The fraction of sp³-hybridized carbons (Fsp3) is 0.586. The van der Waals surface area contributed by atoms with Crippen LogP contribution in [0.4, 0.5) is 0 Å². The number of carbonyl (C=O) groups excluding carboxylic acids is 2. The quantitative estimate of drug-likeness (QED) is 0.482.